The fourth-order valence-corrected chi connectivity index (χ4v) is 4.17. The van der Waals surface area contributed by atoms with Gasteiger partial charge in [0.1, 0.15) is 5.83 Å². The zero-order valence-corrected chi connectivity index (χ0v) is 18.3. The van der Waals surface area contributed by atoms with Crippen LogP contribution in [0.25, 0.3) is 5.83 Å². The van der Waals surface area contributed by atoms with Gasteiger partial charge in [0.05, 0.1) is 17.2 Å². The molecule has 0 unspecified atom stereocenters. The molecule has 28 heavy (non-hydrogen) atoms. The molecule has 0 spiro atoms. The van der Waals surface area contributed by atoms with Crippen LogP contribution in [0.15, 0.2) is 47.1 Å². The van der Waals surface area contributed by atoms with Crippen molar-refractivity contribution in [3.8, 4) is 0 Å². The van der Waals surface area contributed by atoms with Crippen LogP contribution in [0, 0.1) is 5.41 Å². The van der Waals surface area contributed by atoms with Crippen molar-refractivity contribution < 1.29 is 13.9 Å². The maximum Gasteiger partial charge on any atom is 0.338 e. The number of halogens is 2. The van der Waals surface area contributed by atoms with Crippen molar-refractivity contribution in [2.45, 2.75) is 60.3 Å². The molecule has 0 radical (unpaired) electrons. The molecule has 1 aromatic carbocycles. The molecule has 0 fully saturated rings. The number of esters is 1. The second-order valence-corrected chi connectivity index (χ2v) is 8.55. The zero-order valence-electron chi connectivity index (χ0n) is 17.5. The van der Waals surface area contributed by atoms with Gasteiger partial charge in [0.25, 0.3) is 0 Å². The highest BCUT2D eigenvalue weighted by atomic mass is 35.5. The summed E-state index contributed by atoms with van der Waals surface area (Å²) in [6.45, 7) is 14.7. The van der Waals surface area contributed by atoms with Crippen molar-refractivity contribution in [2.24, 2.45) is 5.41 Å². The number of carbonyl (C=O) groups excluding carboxylic acids is 1. The summed E-state index contributed by atoms with van der Waals surface area (Å²) in [4.78, 5) is 12.0. The van der Waals surface area contributed by atoms with Crippen LogP contribution in [0.4, 0.5) is 4.39 Å². The Labute approximate surface area is 173 Å². The molecule has 2 rings (SSSR count). The highest BCUT2D eigenvalue weighted by Gasteiger charge is 2.31. The fourth-order valence-electron chi connectivity index (χ4n) is 3.91. The van der Waals surface area contributed by atoms with E-state index in [1.54, 1.807) is 13.0 Å². The molecule has 1 aliphatic rings. The van der Waals surface area contributed by atoms with Crippen molar-refractivity contribution in [3.05, 3.63) is 63.2 Å². The quantitative estimate of drug-likeness (QED) is 0.358. The fraction of sp³-hybridized carbons (Fsp3) is 0.458. The van der Waals surface area contributed by atoms with Gasteiger partial charge in [-0.05, 0) is 79.9 Å². The van der Waals surface area contributed by atoms with Gasteiger partial charge in [-0.1, -0.05) is 44.5 Å². The van der Waals surface area contributed by atoms with Crippen LogP contribution in [0.3, 0.4) is 0 Å². The van der Waals surface area contributed by atoms with E-state index in [4.69, 9.17) is 16.3 Å². The first-order valence-electron chi connectivity index (χ1n) is 9.83. The molecule has 0 bridgehead atoms. The number of hydrogen-bond donors (Lipinski definition) is 0. The van der Waals surface area contributed by atoms with E-state index >= 15 is 4.39 Å². The smallest absolute Gasteiger partial charge is 0.338 e. The van der Waals surface area contributed by atoms with Crippen molar-refractivity contribution in [1.82, 2.24) is 0 Å². The maximum atomic E-state index is 15.3. The Morgan fingerprint density at radius 3 is 2.61 bits per heavy atom. The highest BCUT2D eigenvalue weighted by Crippen LogP contribution is 2.46. The number of rotatable bonds is 6. The summed E-state index contributed by atoms with van der Waals surface area (Å²) in [6.07, 6.45) is 3.95. The summed E-state index contributed by atoms with van der Waals surface area (Å²) in [5, 5.41) is 0.184. The first-order chi connectivity index (χ1) is 13.1. The van der Waals surface area contributed by atoms with Crippen LogP contribution in [0.5, 0.6) is 0 Å². The van der Waals surface area contributed by atoms with Crippen molar-refractivity contribution in [3.63, 3.8) is 0 Å². The van der Waals surface area contributed by atoms with E-state index in [9.17, 15) is 4.79 Å². The lowest BCUT2D eigenvalue weighted by atomic mass is 9.69. The van der Waals surface area contributed by atoms with Crippen LogP contribution in [-0.2, 0) is 4.74 Å². The predicted octanol–water partition coefficient (Wildman–Crippen LogP) is 7.69. The Balaban J connectivity index is 2.38. The second kappa shape index (κ2) is 9.09. The molecule has 1 aromatic rings. The summed E-state index contributed by atoms with van der Waals surface area (Å²) in [5.41, 5.74) is 4.17. The van der Waals surface area contributed by atoms with Gasteiger partial charge in [0.15, 0.2) is 0 Å². The lowest BCUT2D eigenvalue weighted by Crippen LogP contribution is -2.22. The lowest BCUT2D eigenvalue weighted by molar-refractivity contribution is 0.0505. The molecule has 0 atom stereocenters. The third-order valence-corrected chi connectivity index (χ3v) is 5.73. The second-order valence-electron chi connectivity index (χ2n) is 8.14. The van der Waals surface area contributed by atoms with Gasteiger partial charge in [-0.25, -0.2) is 9.18 Å². The SMILES string of the molecule is C=C(C(C)=C(F)c1ccc(C(=O)OCCC)cc1Cl)C1=C(C)CCCC1(C)C. The number of carbonyl (C=O) groups is 1. The summed E-state index contributed by atoms with van der Waals surface area (Å²) in [6, 6.07) is 4.54. The first-order valence-corrected chi connectivity index (χ1v) is 10.2. The normalized spacial score (nSPS) is 17.2. The molecule has 4 heteroatoms. The Hall–Kier alpha value is -1.87. The van der Waals surface area contributed by atoms with Crippen molar-refractivity contribution in [1.29, 1.82) is 0 Å². The minimum Gasteiger partial charge on any atom is -0.462 e. The molecule has 0 aromatic heterocycles. The third kappa shape index (κ3) is 4.75. The van der Waals surface area contributed by atoms with Crippen molar-refractivity contribution >= 4 is 23.4 Å². The highest BCUT2D eigenvalue weighted by molar-refractivity contribution is 6.32. The number of allylic oxidation sites excluding steroid dienone is 4. The monoisotopic (exact) mass is 404 g/mol. The standard InChI is InChI=1S/C24H30ClFO2/c1-7-13-28-23(27)18-10-11-19(20(25)14-18)22(26)17(4)16(3)21-15(2)9-8-12-24(21,5)6/h10-11,14H,3,7-9,12-13H2,1-2,4-6H3. The number of benzene rings is 1. The molecule has 0 saturated heterocycles. The summed E-state index contributed by atoms with van der Waals surface area (Å²) < 4.78 is 20.4. The van der Waals surface area contributed by atoms with Crippen LogP contribution in [0.1, 0.15) is 76.2 Å². The van der Waals surface area contributed by atoms with Gasteiger partial charge in [0, 0.05) is 5.56 Å². The molecular weight excluding hydrogens is 375 g/mol. The van der Waals surface area contributed by atoms with Gasteiger partial charge in [0.2, 0.25) is 0 Å². The van der Waals surface area contributed by atoms with E-state index in [1.807, 2.05) is 6.92 Å². The molecule has 0 N–H and O–H groups in total. The molecule has 0 aliphatic heterocycles. The van der Waals surface area contributed by atoms with E-state index in [0.717, 1.165) is 36.8 Å². The number of hydrogen-bond acceptors (Lipinski definition) is 2. The van der Waals surface area contributed by atoms with Gasteiger partial charge >= 0.3 is 5.97 Å². The zero-order chi connectivity index (χ0) is 21.1. The summed E-state index contributed by atoms with van der Waals surface area (Å²) >= 11 is 6.30. The largest absolute Gasteiger partial charge is 0.462 e. The van der Waals surface area contributed by atoms with Gasteiger partial charge in [-0.3, -0.25) is 0 Å². The minimum atomic E-state index is -0.453. The summed E-state index contributed by atoms with van der Waals surface area (Å²) in [5.74, 6) is -0.865. The Morgan fingerprint density at radius 1 is 1.36 bits per heavy atom. The van der Waals surface area contributed by atoms with Crippen LogP contribution < -0.4 is 0 Å². The molecule has 0 saturated carbocycles. The van der Waals surface area contributed by atoms with Crippen LogP contribution in [-0.4, -0.2) is 12.6 Å². The molecule has 1 aliphatic carbocycles. The Bertz CT molecular complexity index is 846. The van der Waals surface area contributed by atoms with Crippen LogP contribution in [0.2, 0.25) is 5.02 Å². The van der Waals surface area contributed by atoms with Crippen LogP contribution >= 0.6 is 11.6 Å². The molecule has 152 valence electrons. The average Bonchev–Trinajstić information content (AvgIpc) is 2.63. The molecule has 0 amide bonds. The van der Waals surface area contributed by atoms with E-state index in [1.165, 1.54) is 17.7 Å². The predicted molar refractivity (Wildman–Crippen MR) is 115 cm³/mol. The van der Waals surface area contributed by atoms with E-state index in [-0.39, 0.29) is 16.0 Å². The van der Waals surface area contributed by atoms with Gasteiger partial charge in [-0.15, -0.1) is 0 Å². The summed E-state index contributed by atoms with van der Waals surface area (Å²) in [7, 11) is 0. The minimum absolute atomic E-state index is 0.0301. The Morgan fingerprint density at radius 2 is 2.04 bits per heavy atom. The van der Waals surface area contributed by atoms with Crippen molar-refractivity contribution in [2.75, 3.05) is 6.61 Å². The topological polar surface area (TPSA) is 26.3 Å². The Kier molecular flexibility index (Phi) is 7.28. The molecule has 2 nitrogen and oxygen atoms in total. The van der Waals surface area contributed by atoms with Gasteiger partial charge < -0.3 is 4.74 Å². The molecular formula is C24H30ClFO2. The average molecular weight is 405 g/mol. The lowest BCUT2D eigenvalue weighted by Gasteiger charge is -2.36. The third-order valence-electron chi connectivity index (χ3n) is 5.42. The molecule has 0 heterocycles. The first kappa shape index (κ1) is 22.4. The van der Waals surface area contributed by atoms with E-state index in [0.29, 0.717) is 17.7 Å². The van der Waals surface area contributed by atoms with Gasteiger partial charge in [-0.2, -0.15) is 0 Å². The van der Waals surface area contributed by atoms with E-state index < -0.39 is 11.8 Å². The maximum absolute atomic E-state index is 15.3. The number of ether oxygens (including phenoxy) is 1. The van der Waals surface area contributed by atoms with E-state index in [2.05, 4.69) is 27.4 Å².